The first-order valence-electron chi connectivity index (χ1n) is 7.16. The zero-order valence-corrected chi connectivity index (χ0v) is 11.8. The molecule has 1 aromatic carbocycles. The van der Waals surface area contributed by atoms with Crippen molar-refractivity contribution in [2.24, 2.45) is 0 Å². The van der Waals surface area contributed by atoms with Gasteiger partial charge in [-0.3, -0.25) is 9.69 Å². The molecule has 2 atom stereocenters. The van der Waals surface area contributed by atoms with Crippen LogP contribution in [0.5, 0.6) is 0 Å². The van der Waals surface area contributed by atoms with E-state index in [9.17, 15) is 4.79 Å². The fraction of sp³-hybridized carbons (Fsp3) is 0.562. The highest BCUT2D eigenvalue weighted by atomic mass is 16.4. The minimum absolute atomic E-state index is 0.120. The summed E-state index contributed by atoms with van der Waals surface area (Å²) in [6.45, 7) is 5.39. The molecule has 1 fully saturated rings. The van der Waals surface area contributed by atoms with Crippen LogP contribution >= 0.6 is 0 Å². The maximum atomic E-state index is 10.9. The molecular weight excluding hydrogens is 238 g/mol. The van der Waals surface area contributed by atoms with E-state index in [-0.39, 0.29) is 6.42 Å². The number of hydrogen-bond donors (Lipinski definition) is 1. The van der Waals surface area contributed by atoms with Crippen LogP contribution in [-0.4, -0.2) is 28.1 Å². The Morgan fingerprint density at radius 2 is 2.00 bits per heavy atom. The van der Waals surface area contributed by atoms with Crippen molar-refractivity contribution in [1.29, 1.82) is 0 Å². The van der Waals surface area contributed by atoms with Crippen molar-refractivity contribution in [3.63, 3.8) is 0 Å². The molecule has 2 rings (SSSR count). The van der Waals surface area contributed by atoms with Crippen molar-refractivity contribution >= 4 is 5.97 Å². The second kappa shape index (κ2) is 6.20. The second-order valence-electron chi connectivity index (χ2n) is 5.50. The molecule has 1 aliphatic rings. The van der Waals surface area contributed by atoms with Gasteiger partial charge in [0.1, 0.15) is 0 Å². The van der Waals surface area contributed by atoms with Gasteiger partial charge in [0.25, 0.3) is 0 Å². The molecule has 1 aliphatic heterocycles. The first-order chi connectivity index (χ1) is 9.11. The van der Waals surface area contributed by atoms with Crippen LogP contribution in [0.25, 0.3) is 0 Å². The number of benzene rings is 1. The first-order valence-corrected chi connectivity index (χ1v) is 7.16. The molecule has 1 aromatic rings. The molecule has 104 valence electrons. The standard InChI is InChI=1S/C16H23NO2/c1-3-15-9-8-12(2)17(15)11-14-7-5-4-6-13(14)10-16(18)19/h4-7,12,15H,3,8-11H2,1-2H3,(H,18,19). The fourth-order valence-electron chi connectivity index (χ4n) is 3.09. The Morgan fingerprint density at radius 1 is 1.32 bits per heavy atom. The van der Waals surface area contributed by atoms with Crippen LogP contribution in [0.15, 0.2) is 24.3 Å². The van der Waals surface area contributed by atoms with Gasteiger partial charge in [-0.05, 0) is 37.3 Å². The van der Waals surface area contributed by atoms with Crippen LogP contribution in [0.1, 0.15) is 44.2 Å². The van der Waals surface area contributed by atoms with Crippen molar-refractivity contribution in [1.82, 2.24) is 4.90 Å². The third kappa shape index (κ3) is 3.35. The van der Waals surface area contributed by atoms with Crippen molar-refractivity contribution in [2.75, 3.05) is 0 Å². The van der Waals surface area contributed by atoms with Gasteiger partial charge in [-0.1, -0.05) is 31.2 Å². The zero-order chi connectivity index (χ0) is 13.8. The van der Waals surface area contributed by atoms with Crippen molar-refractivity contribution < 1.29 is 9.90 Å². The first kappa shape index (κ1) is 14.1. The van der Waals surface area contributed by atoms with E-state index in [1.165, 1.54) is 19.3 Å². The molecule has 1 saturated heterocycles. The average Bonchev–Trinajstić information content (AvgIpc) is 2.72. The summed E-state index contributed by atoms with van der Waals surface area (Å²) in [7, 11) is 0. The molecule has 2 unspecified atom stereocenters. The summed E-state index contributed by atoms with van der Waals surface area (Å²) in [5.41, 5.74) is 2.11. The number of hydrogen-bond acceptors (Lipinski definition) is 2. The Labute approximate surface area is 115 Å². The molecule has 0 radical (unpaired) electrons. The summed E-state index contributed by atoms with van der Waals surface area (Å²) in [6, 6.07) is 9.17. The molecule has 1 N–H and O–H groups in total. The average molecular weight is 261 g/mol. The minimum atomic E-state index is -0.756. The predicted molar refractivity (Wildman–Crippen MR) is 76.1 cm³/mol. The summed E-state index contributed by atoms with van der Waals surface area (Å²) >= 11 is 0. The van der Waals surface area contributed by atoms with E-state index in [0.717, 1.165) is 17.7 Å². The van der Waals surface area contributed by atoms with Crippen LogP contribution in [0.3, 0.4) is 0 Å². The van der Waals surface area contributed by atoms with Crippen LogP contribution in [0, 0.1) is 0 Å². The van der Waals surface area contributed by atoms with Crippen LogP contribution < -0.4 is 0 Å². The van der Waals surface area contributed by atoms with Crippen molar-refractivity contribution in [3.8, 4) is 0 Å². The SMILES string of the molecule is CCC1CCC(C)N1Cc1ccccc1CC(=O)O. The Hall–Kier alpha value is -1.35. The lowest BCUT2D eigenvalue weighted by Gasteiger charge is -2.28. The van der Waals surface area contributed by atoms with E-state index < -0.39 is 5.97 Å². The van der Waals surface area contributed by atoms with Gasteiger partial charge in [0.15, 0.2) is 0 Å². The lowest BCUT2D eigenvalue weighted by atomic mass is 10.0. The van der Waals surface area contributed by atoms with E-state index in [0.29, 0.717) is 12.1 Å². The van der Waals surface area contributed by atoms with Gasteiger partial charge >= 0.3 is 5.97 Å². The molecule has 1 heterocycles. The Bertz CT molecular complexity index is 444. The molecule has 3 heteroatoms. The summed E-state index contributed by atoms with van der Waals surface area (Å²) in [4.78, 5) is 13.5. The van der Waals surface area contributed by atoms with Crippen LogP contribution in [0.4, 0.5) is 0 Å². The highest BCUT2D eigenvalue weighted by Gasteiger charge is 2.29. The fourth-order valence-corrected chi connectivity index (χ4v) is 3.09. The van der Waals surface area contributed by atoms with Crippen molar-refractivity contribution in [2.45, 2.75) is 58.2 Å². The normalized spacial score (nSPS) is 23.7. The molecule has 3 nitrogen and oxygen atoms in total. The van der Waals surface area contributed by atoms with Gasteiger partial charge in [0.05, 0.1) is 6.42 Å². The minimum Gasteiger partial charge on any atom is -0.481 e. The van der Waals surface area contributed by atoms with Crippen LogP contribution in [0.2, 0.25) is 0 Å². The number of carboxylic acids is 1. The third-order valence-electron chi connectivity index (χ3n) is 4.24. The van der Waals surface area contributed by atoms with Gasteiger partial charge in [0, 0.05) is 18.6 Å². The molecule has 0 bridgehead atoms. The van der Waals surface area contributed by atoms with E-state index in [2.05, 4.69) is 24.8 Å². The van der Waals surface area contributed by atoms with E-state index in [1.54, 1.807) is 0 Å². The van der Waals surface area contributed by atoms with E-state index >= 15 is 0 Å². The topological polar surface area (TPSA) is 40.5 Å². The van der Waals surface area contributed by atoms with E-state index in [1.807, 2.05) is 18.2 Å². The second-order valence-corrected chi connectivity index (χ2v) is 5.50. The van der Waals surface area contributed by atoms with Gasteiger partial charge < -0.3 is 5.11 Å². The predicted octanol–water partition coefficient (Wildman–Crippen LogP) is 3.08. The lowest BCUT2D eigenvalue weighted by Crippen LogP contribution is -2.33. The maximum Gasteiger partial charge on any atom is 0.307 e. The zero-order valence-electron chi connectivity index (χ0n) is 11.8. The molecule has 0 amide bonds. The third-order valence-corrected chi connectivity index (χ3v) is 4.24. The molecule has 0 aromatic heterocycles. The van der Waals surface area contributed by atoms with Gasteiger partial charge in [-0.15, -0.1) is 0 Å². The Balaban J connectivity index is 2.16. The number of rotatable bonds is 5. The van der Waals surface area contributed by atoms with Gasteiger partial charge in [0.2, 0.25) is 0 Å². The molecular formula is C16H23NO2. The Kier molecular flexibility index (Phi) is 4.59. The largest absolute Gasteiger partial charge is 0.481 e. The molecule has 0 spiro atoms. The van der Waals surface area contributed by atoms with E-state index in [4.69, 9.17) is 5.11 Å². The monoisotopic (exact) mass is 261 g/mol. The lowest BCUT2D eigenvalue weighted by molar-refractivity contribution is -0.136. The molecule has 0 saturated carbocycles. The smallest absolute Gasteiger partial charge is 0.307 e. The highest BCUT2D eigenvalue weighted by Crippen LogP contribution is 2.28. The molecule has 19 heavy (non-hydrogen) atoms. The van der Waals surface area contributed by atoms with Crippen molar-refractivity contribution in [3.05, 3.63) is 35.4 Å². The Morgan fingerprint density at radius 3 is 2.63 bits per heavy atom. The quantitative estimate of drug-likeness (QED) is 0.885. The number of carboxylic acid groups (broad SMARTS) is 1. The summed E-state index contributed by atoms with van der Waals surface area (Å²) in [6.07, 6.45) is 3.80. The number of likely N-dealkylation sites (tertiary alicyclic amines) is 1. The summed E-state index contributed by atoms with van der Waals surface area (Å²) in [5.74, 6) is -0.756. The summed E-state index contributed by atoms with van der Waals surface area (Å²) < 4.78 is 0. The highest BCUT2D eigenvalue weighted by molar-refractivity contribution is 5.70. The number of carbonyl (C=O) groups is 1. The molecule has 0 aliphatic carbocycles. The summed E-state index contributed by atoms with van der Waals surface area (Å²) in [5, 5.41) is 8.99. The number of aliphatic carboxylic acids is 1. The van der Waals surface area contributed by atoms with Crippen LogP contribution in [-0.2, 0) is 17.8 Å². The van der Waals surface area contributed by atoms with Gasteiger partial charge in [-0.2, -0.15) is 0 Å². The number of nitrogens with zero attached hydrogens (tertiary/aromatic N) is 1. The van der Waals surface area contributed by atoms with Gasteiger partial charge in [-0.25, -0.2) is 0 Å². The maximum absolute atomic E-state index is 10.9.